The van der Waals surface area contributed by atoms with Crippen molar-refractivity contribution in [2.45, 2.75) is 25.7 Å². The molecule has 3 rings (SSSR count). The molecule has 19 heavy (non-hydrogen) atoms. The van der Waals surface area contributed by atoms with Gasteiger partial charge in [-0.2, -0.15) is 0 Å². The highest BCUT2D eigenvalue weighted by molar-refractivity contribution is 5.32. The van der Waals surface area contributed by atoms with E-state index in [2.05, 4.69) is 26.9 Å². The Labute approximate surface area is 113 Å². The van der Waals surface area contributed by atoms with Gasteiger partial charge in [0, 0.05) is 30.7 Å². The maximum absolute atomic E-state index is 4.59. The molecule has 0 atom stereocenters. The van der Waals surface area contributed by atoms with Crippen LogP contribution in [0.2, 0.25) is 0 Å². The molecule has 0 bridgehead atoms. The number of aryl methyl sites for hydroxylation is 1. The summed E-state index contributed by atoms with van der Waals surface area (Å²) in [5.74, 6) is 2.39. The fourth-order valence-corrected chi connectivity index (χ4v) is 2.70. The largest absolute Gasteiger partial charge is 0.306 e. The van der Waals surface area contributed by atoms with E-state index >= 15 is 0 Å². The van der Waals surface area contributed by atoms with E-state index in [1.807, 2.05) is 23.9 Å². The van der Waals surface area contributed by atoms with Crippen molar-refractivity contribution >= 4 is 0 Å². The van der Waals surface area contributed by atoms with E-state index in [1.165, 1.54) is 0 Å². The fourth-order valence-electron chi connectivity index (χ4n) is 2.70. The molecule has 1 saturated heterocycles. The lowest BCUT2D eigenvalue weighted by molar-refractivity contribution is 0.253. The summed E-state index contributed by atoms with van der Waals surface area (Å²) >= 11 is 0. The zero-order chi connectivity index (χ0) is 13.2. The molecule has 5 nitrogen and oxygen atoms in total. The highest BCUT2D eigenvalue weighted by atomic mass is 15.1. The van der Waals surface area contributed by atoms with E-state index in [0.29, 0.717) is 5.92 Å². The molecule has 0 amide bonds. The van der Waals surface area contributed by atoms with E-state index in [1.54, 1.807) is 12.4 Å². The number of imidazole rings is 1. The first-order chi connectivity index (χ1) is 9.25. The molecule has 2 aromatic rings. The summed E-state index contributed by atoms with van der Waals surface area (Å²) in [4.78, 5) is 15.8. The van der Waals surface area contributed by atoms with Gasteiger partial charge in [0.2, 0.25) is 0 Å². The average Bonchev–Trinajstić information content (AvgIpc) is 2.86. The Morgan fingerprint density at radius 3 is 2.47 bits per heavy atom. The molecule has 1 aliphatic rings. The van der Waals surface area contributed by atoms with Crippen LogP contribution in [0.4, 0.5) is 0 Å². The minimum atomic E-state index is 0.502. The van der Waals surface area contributed by atoms with E-state index in [9.17, 15) is 0 Å². The van der Waals surface area contributed by atoms with Crippen molar-refractivity contribution in [3.8, 4) is 5.82 Å². The van der Waals surface area contributed by atoms with Gasteiger partial charge in [-0.1, -0.05) is 0 Å². The van der Waals surface area contributed by atoms with E-state index in [4.69, 9.17) is 0 Å². The highest BCUT2D eigenvalue weighted by Gasteiger charge is 2.23. The number of likely N-dealkylation sites (tertiary alicyclic amines) is 1. The van der Waals surface area contributed by atoms with Crippen molar-refractivity contribution in [3.05, 3.63) is 36.3 Å². The predicted octanol–water partition coefficient (Wildman–Crippen LogP) is 1.78. The molecule has 0 aliphatic carbocycles. The molecule has 0 spiro atoms. The van der Waals surface area contributed by atoms with Gasteiger partial charge in [-0.15, -0.1) is 0 Å². The van der Waals surface area contributed by atoms with Crippen LogP contribution in [0.15, 0.2) is 24.8 Å². The van der Waals surface area contributed by atoms with Gasteiger partial charge >= 0.3 is 0 Å². The molecule has 0 N–H and O–H groups in total. The molecule has 3 heterocycles. The van der Waals surface area contributed by atoms with Crippen molar-refractivity contribution in [1.82, 2.24) is 24.4 Å². The summed E-state index contributed by atoms with van der Waals surface area (Å²) in [7, 11) is 2.17. The normalized spacial score (nSPS) is 17.8. The van der Waals surface area contributed by atoms with Gasteiger partial charge in [0.1, 0.15) is 5.82 Å². The van der Waals surface area contributed by atoms with Crippen molar-refractivity contribution in [2.75, 3.05) is 20.1 Å². The molecule has 5 heteroatoms. The van der Waals surface area contributed by atoms with Crippen molar-refractivity contribution in [1.29, 1.82) is 0 Å². The van der Waals surface area contributed by atoms with Crippen LogP contribution < -0.4 is 0 Å². The third-order valence-electron chi connectivity index (χ3n) is 3.87. The summed E-state index contributed by atoms with van der Waals surface area (Å²) < 4.78 is 2.03. The Balaban J connectivity index is 1.96. The van der Waals surface area contributed by atoms with E-state index < -0.39 is 0 Å². The summed E-state index contributed by atoms with van der Waals surface area (Å²) in [5.41, 5.74) is 1.11. The maximum Gasteiger partial charge on any atom is 0.160 e. The molecule has 0 aromatic carbocycles. The van der Waals surface area contributed by atoms with Gasteiger partial charge in [-0.3, -0.25) is 9.55 Å². The monoisotopic (exact) mass is 257 g/mol. The van der Waals surface area contributed by atoms with E-state index in [-0.39, 0.29) is 0 Å². The quantitative estimate of drug-likeness (QED) is 0.822. The summed E-state index contributed by atoms with van der Waals surface area (Å²) in [6.07, 6.45) is 9.61. The number of piperidine rings is 1. The molecule has 1 aliphatic heterocycles. The summed E-state index contributed by atoms with van der Waals surface area (Å²) in [6.45, 7) is 4.25. The molecular weight excluding hydrogens is 238 g/mol. The lowest BCUT2D eigenvalue weighted by Crippen LogP contribution is -2.30. The van der Waals surface area contributed by atoms with Crippen LogP contribution in [0, 0.1) is 6.92 Å². The zero-order valence-corrected chi connectivity index (χ0v) is 11.5. The molecule has 0 unspecified atom stereocenters. The zero-order valence-electron chi connectivity index (χ0n) is 11.5. The average molecular weight is 257 g/mol. The number of nitrogens with zero attached hydrogens (tertiary/aromatic N) is 5. The van der Waals surface area contributed by atoms with Crippen LogP contribution in [0.5, 0.6) is 0 Å². The van der Waals surface area contributed by atoms with Gasteiger partial charge in [0.05, 0.1) is 5.69 Å². The number of aromatic nitrogens is 4. The molecule has 100 valence electrons. The van der Waals surface area contributed by atoms with Crippen LogP contribution in [-0.4, -0.2) is 44.6 Å². The molecular formula is C14H19N5. The lowest BCUT2D eigenvalue weighted by atomic mass is 9.93. The van der Waals surface area contributed by atoms with Crippen molar-refractivity contribution in [2.24, 2.45) is 0 Å². The first-order valence-corrected chi connectivity index (χ1v) is 6.75. The van der Waals surface area contributed by atoms with Crippen LogP contribution >= 0.6 is 0 Å². The maximum atomic E-state index is 4.59. The first-order valence-electron chi connectivity index (χ1n) is 6.75. The molecule has 0 radical (unpaired) electrons. The molecule has 1 fully saturated rings. The first kappa shape index (κ1) is 12.3. The Morgan fingerprint density at radius 2 is 1.79 bits per heavy atom. The second-order valence-electron chi connectivity index (χ2n) is 5.19. The number of hydrogen-bond donors (Lipinski definition) is 0. The second-order valence-corrected chi connectivity index (χ2v) is 5.19. The highest BCUT2D eigenvalue weighted by Crippen LogP contribution is 2.29. The van der Waals surface area contributed by atoms with Gasteiger partial charge in [0.25, 0.3) is 0 Å². The standard InChI is InChI=1S/C14H19N5/c1-11-15-7-10-19(11)14-13(16-5-6-17-14)12-3-8-18(2)9-4-12/h5-7,10,12H,3-4,8-9H2,1-2H3. The van der Waals surface area contributed by atoms with Crippen LogP contribution in [0.25, 0.3) is 5.82 Å². The number of hydrogen-bond acceptors (Lipinski definition) is 4. The lowest BCUT2D eigenvalue weighted by Gasteiger charge is -2.29. The van der Waals surface area contributed by atoms with Gasteiger partial charge in [-0.05, 0) is 39.9 Å². The van der Waals surface area contributed by atoms with Gasteiger partial charge in [-0.25, -0.2) is 9.97 Å². The van der Waals surface area contributed by atoms with Gasteiger partial charge < -0.3 is 4.90 Å². The Hall–Kier alpha value is -1.75. The van der Waals surface area contributed by atoms with Crippen molar-refractivity contribution < 1.29 is 0 Å². The fraction of sp³-hybridized carbons (Fsp3) is 0.500. The Kier molecular flexibility index (Phi) is 3.29. The second kappa shape index (κ2) is 5.09. The smallest absolute Gasteiger partial charge is 0.160 e. The topological polar surface area (TPSA) is 46.8 Å². The third-order valence-corrected chi connectivity index (χ3v) is 3.87. The van der Waals surface area contributed by atoms with E-state index in [0.717, 1.165) is 43.3 Å². The Bertz CT molecular complexity index is 554. The van der Waals surface area contributed by atoms with Crippen LogP contribution in [0.1, 0.15) is 30.3 Å². The van der Waals surface area contributed by atoms with Crippen molar-refractivity contribution in [3.63, 3.8) is 0 Å². The van der Waals surface area contributed by atoms with Crippen LogP contribution in [0.3, 0.4) is 0 Å². The predicted molar refractivity (Wildman–Crippen MR) is 73.4 cm³/mol. The number of rotatable bonds is 2. The third kappa shape index (κ3) is 2.38. The van der Waals surface area contributed by atoms with Gasteiger partial charge in [0.15, 0.2) is 5.82 Å². The Morgan fingerprint density at radius 1 is 1.05 bits per heavy atom. The SMILES string of the molecule is Cc1nccn1-c1nccnc1C1CCN(C)CC1. The van der Waals surface area contributed by atoms with Crippen LogP contribution in [-0.2, 0) is 0 Å². The molecule has 0 saturated carbocycles. The summed E-state index contributed by atoms with van der Waals surface area (Å²) in [6, 6.07) is 0. The minimum Gasteiger partial charge on any atom is -0.306 e. The minimum absolute atomic E-state index is 0.502. The summed E-state index contributed by atoms with van der Waals surface area (Å²) in [5, 5.41) is 0. The molecule has 2 aromatic heterocycles.